The molecule has 21 heavy (non-hydrogen) atoms. The zero-order valence-corrected chi connectivity index (χ0v) is 19.4. The van der Waals surface area contributed by atoms with E-state index in [1.54, 1.807) is 4.41 Å². The van der Waals surface area contributed by atoms with Crippen LogP contribution in [0.2, 0.25) is 11.5 Å². The van der Waals surface area contributed by atoms with E-state index in [0.29, 0.717) is 19.8 Å². The van der Waals surface area contributed by atoms with Gasteiger partial charge in [0.15, 0.2) is 0 Å². The molecule has 0 heterocycles. The van der Waals surface area contributed by atoms with Crippen LogP contribution in [0.1, 0.15) is 46.5 Å². The fourth-order valence-electron chi connectivity index (χ4n) is 0.818. The van der Waals surface area contributed by atoms with Crippen LogP contribution in [-0.4, -0.2) is 49.5 Å². The standard InChI is InChI=1S/C7H11Ge.3C3H8O.Zr/c1-8(2)7-5-3-4-6-7;3*1-2-3-4;/h3,5,8H,4H2,1-2H3;3*4H,2-3H2,1H3;/q-1;;;;. The minimum Gasteiger partial charge on any atom is 0 e. The zero-order chi connectivity index (χ0) is 16.2. The molecule has 0 aromatic rings. The maximum absolute atomic E-state index is 7.88. The zero-order valence-electron chi connectivity index (χ0n) is 14.5. The third kappa shape index (κ3) is 33.6. The smallest absolute Gasteiger partial charge is 0 e. The van der Waals surface area contributed by atoms with Crippen LogP contribution in [0.4, 0.5) is 0 Å². The number of hydrogen-bond donors (Lipinski definition) is 3. The van der Waals surface area contributed by atoms with Crippen molar-refractivity contribution in [3.63, 3.8) is 0 Å². The number of hydrogen-bond acceptors (Lipinski definition) is 3. The Kier molecular flexibility index (Phi) is 40.9. The molecule has 5 heteroatoms. The predicted octanol–water partition coefficient (Wildman–Crippen LogP) is 2.87. The first kappa shape index (κ1) is 29.8. The molecule has 0 bridgehead atoms. The quantitative estimate of drug-likeness (QED) is 0.467. The molecule has 0 aliphatic heterocycles. The predicted molar refractivity (Wildman–Crippen MR) is 91.5 cm³/mol. The Morgan fingerprint density at radius 3 is 1.38 bits per heavy atom. The number of rotatable bonds is 4. The van der Waals surface area contributed by atoms with Crippen LogP contribution in [0.25, 0.3) is 0 Å². The van der Waals surface area contributed by atoms with Gasteiger partial charge in [0, 0.05) is 46.0 Å². The summed E-state index contributed by atoms with van der Waals surface area (Å²) in [5, 5.41) is 23.6. The van der Waals surface area contributed by atoms with Crippen LogP contribution < -0.4 is 0 Å². The Balaban J connectivity index is -0.0000000973. The summed E-state index contributed by atoms with van der Waals surface area (Å²) in [5.74, 6) is 4.76. The first-order chi connectivity index (χ1) is 9.55. The number of aliphatic hydroxyl groups excluding tert-OH is 3. The summed E-state index contributed by atoms with van der Waals surface area (Å²) in [7, 11) is 0. The van der Waals surface area contributed by atoms with Gasteiger partial charge in [-0.3, -0.25) is 0 Å². The van der Waals surface area contributed by atoms with E-state index in [-0.39, 0.29) is 26.2 Å². The van der Waals surface area contributed by atoms with E-state index < -0.39 is 14.3 Å². The van der Waals surface area contributed by atoms with Crippen molar-refractivity contribution in [1.29, 1.82) is 0 Å². The number of allylic oxidation sites excluding steroid dienone is 4. The molecule has 0 radical (unpaired) electrons. The fraction of sp³-hybridized carbons (Fsp3) is 0.750. The minimum absolute atomic E-state index is 0. The monoisotopic (exact) mass is 439 g/mol. The Morgan fingerprint density at radius 1 is 0.952 bits per heavy atom. The van der Waals surface area contributed by atoms with Gasteiger partial charge in [0.2, 0.25) is 0 Å². The van der Waals surface area contributed by atoms with Crippen LogP contribution in [0.5, 0.6) is 0 Å². The van der Waals surface area contributed by atoms with Crippen molar-refractivity contribution < 1.29 is 41.5 Å². The molecule has 0 saturated heterocycles. The van der Waals surface area contributed by atoms with Gasteiger partial charge >= 0.3 is 54.9 Å². The first-order valence-corrected chi connectivity index (χ1v) is 13.7. The summed E-state index contributed by atoms with van der Waals surface area (Å²) >= 11 is -0.912. The molecule has 0 saturated carbocycles. The average Bonchev–Trinajstić information content (AvgIpc) is 3.02. The van der Waals surface area contributed by atoms with E-state index in [9.17, 15) is 0 Å². The van der Waals surface area contributed by atoms with Crippen molar-refractivity contribution in [2.45, 2.75) is 58.0 Å². The third-order valence-electron chi connectivity index (χ3n) is 2.01. The number of aliphatic hydroxyl groups is 3. The van der Waals surface area contributed by atoms with Gasteiger partial charge in [-0.2, -0.15) is 0 Å². The first-order valence-electron chi connectivity index (χ1n) is 7.65. The molecule has 0 unspecified atom stereocenters. The van der Waals surface area contributed by atoms with Gasteiger partial charge in [0.1, 0.15) is 0 Å². The summed E-state index contributed by atoms with van der Waals surface area (Å²) in [6, 6.07) is 0. The minimum atomic E-state index is -0.912. The molecule has 0 spiro atoms. The van der Waals surface area contributed by atoms with Gasteiger partial charge in [-0.25, -0.2) is 0 Å². The molecular formula is C16H35GeO3Zr-. The van der Waals surface area contributed by atoms with E-state index in [4.69, 9.17) is 15.3 Å². The van der Waals surface area contributed by atoms with Crippen LogP contribution in [0, 0.1) is 6.08 Å². The van der Waals surface area contributed by atoms with Crippen molar-refractivity contribution in [2.75, 3.05) is 19.8 Å². The molecule has 0 atom stereocenters. The van der Waals surface area contributed by atoms with Gasteiger partial charge in [0.05, 0.1) is 0 Å². The summed E-state index contributed by atoms with van der Waals surface area (Å²) in [4.78, 5) is 0. The van der Waals surface area contributed by atoms with E-state index in [1.807, 2.05) is 20.8 Å². The Labute approximate surface area is 155 Å². The van der Waals surface area contributed by atoms with Gasteiger partial charge in [0.25, 0.3) is 0 Å². The second-order valence-corrected chi connectivity index (χ2v) is 10.7. The van der Waals surface area contributed by atoms with E-state index in [1.165, 1.54) is 0 Å². The SMILES string of the molecule is CCCO.CCCO.CCCO.[CH3][GeH]([CH3])[C]1=[C-]CC=C1.[Zr]. The molecule has 126 valence electrons. The summed E-state index contributed by atoms with van der Waals surface area (Å²) in [6.45, 7) is 6.75. The second-order valence-electron chi connectivity index (χ2n) is 4.56. The molecule has 0 fully saturated rings. The topological polar surface area (TPSA) is 60.7 Å². The maximum Gasteiger partial charge on any atom is 0 e. The fourth-order valence-corrected chi connectivity index (χ4v) is 3.02. The Hall–Kier alpha value is 0.786. The van der Waals surface area contributed by atoms with Gasteiger partial charge in [-0.1, -0.05) is 20.8 Å². The van der Waals surface area contributed by atoms with Crippen LogP contribution in [0.3, 0.4) is 0 Å². The molecule has 0 aromatic heterocycles. The summed E-state index contributed by atoms with van der Waals surface area (Å²) in [5.41, 5.74) is 0. The van der Waals surface area contributed by atoms with Gasteiger partial charge in [-0.05, 0) is 19.3 Å². The Morgan fingerprint density at radius 2 is 1.29 bits per heavy atom. The van der Waals surface area contributed by atoms with E-state index in [2.05, 4.69) is 29.7 Å². The molecule has 1 aliphatic carbocycles. The van der Waals surface area contributed by atoms with Gasteiger partial charge < -0.3 is 15.3 Å². The van der Waals surface area contributed by atoms with Crippen LogP contribution >= 0.6 is 0 Å². The normalized spacial score (nSPS) is 11.0. The van der Waals surface area contributed by atoms with Crippen LogP contribution in [0.15, 0.2) is 16.6 Å². The molecule has 3 nitrogen and oxygen atoms in total. The molecular weight excluding hydrogens is 404 g/mol. The second kappa shape index (κ2) is 28.9. The molecule has 1 rings (SSSR count). The van der Waals surface area contributed by atoms with E-state index >= 15 is 0 Å². The largest absolute Gasteiger partial charge is 0 e. The van der Waals surface area contributed by atoms with Crippen molar-refractivity contribution in [3.05, 3.63) is 22.6 Å². The molecule has 0 amide bonds. The summed E-state index contributed by atoms with van der Waals surface area (Å²) < 4.78 is 1.55. The van der Waals surface area contributed by atoms with Gasteiger partial charge in [-0.15, -0.1) is 0 Å². The van der Waals surface area contributed by atoms with Crippen molar-refractivity contribution in [1.82, 2.24) is 0 Å². The van der Waals surface area contributed by atoms with Crippen molar-refractivity contribution in [3.8, 4) is 0 Å². The van der Waals surface area contributed by atoms with Crippen LogP contribution in [-0.2, 0) is 26.2 Å². The average molecular weight is 439 g/mol. The Bertz CT molecular complexity index is 204. The van der Waals surface area contributed by atoms with Crippen molar-refractivity contribution in [2.24, 2.45) is 0 Å². The molecule has 1 aliphatic rings. The van der Waals surface area contributed by atoms with Crippen molar-refractivity contribution >= 4 is 14.3 Å². The maximum atomic E-state index is 7.88. The molecule has 0 aromatic carbocycles. The van der Waals surface area contributed by atoms with E-state index in [0.717, 1.165) is 25.7 Å². The molecule has 3 N–H and O–H groups in total. The third-order valence-corrected chi connectivity index (χ3v) is 5.46. The summed E-state index contributed by atoms with van der Waals surface area (Å²) in [6.07, 6.45) is 11.5.